The Labute approximate surface area is 129 Å². The molecule has 0 saturated heterocycles. The maximum absolute atomic E-state index is 12.0. The molecule has 7 heteroatoms. The van der Waals surface area contributed by atoms with Crippen LogP contribution in [0.4, 0.5) is 0 Å². The number of ether oxygens (including phenoxy) is 1. The van der Waals surface area contributed by atoms with Gasteiger partial charge in [-0.3, -0.25) is 14.3 Å². The Bertz CT molecular complexity index is 542. The predicted octanol–water partition coefficient (Wildman–Crippen LogP) is 0.100. The second-order valence-electron chi connectivity index (χ2n) is 5.99. The first-order valence-corrected chi connectivity index (χ1v) is 7.81. The summed E-state index contributed by atoms with van der Waals surface area (Å²) in [4.78, 5) is 23.9. The highest BCUT2D eigenvalue weighted by molar-refractivity contribution is 5.92. The topological polar surface area (TPSA) is 85.2 Å². The third-order valence-electron chi connectivity index (χ3n) is 4.36. The van der Waals surface area contributed by atoms with Crippen LogP contribution in [0.2, 0.25) is 0 Å². The Morgan fingerprint density at radius 2 is 2.27 bits per heavy atom. The molecule has 3 rings (SSSR count). The van der Waals surface area contributed by atoms with Crippen molar-refractivity contribution in [1.82, 2.24) is 20.4 Å². The highest BCUT2D eigenvalue weighted by atomic mass is 16.5. The summed E-state index contributed by atoms with van der Waals surface area (Å²) in [6.07, 6.45) is 3.91. The number of rotatable bonds is 6. The van der Waals surface area contributed by atoms with E-state index in [-0.39, 0.29) is 23.8 Å². The number of nitrogens with zero attached hydrogens (tertiary/aromatic N) is 2. The van der Waals surface area contributed by atoms with E-state index in [2.05, 4.69) is 15.7 Å². The Morgan fingerprint density at radius 3 is 2.91 bits per heavy atom. The maximum atomic E-state index is 12.0. The number of aromatic nitrogens is 2. The normalized spacial score (nSPS) is 20.3. The molecule has 2 aliphatic rings. The minimum absolute atomic E-state index is 0.0983. The second-order valence-corrected chi connectivity index (χ2v) is 5.99. The van der Waals surface area contributed by atoms with Crippen LogP contribution in [0.1, 0.15) is 35.4 Å². The number of hydrogen-bond donors (Lipinski definition) is 2. The Balaban J connectivity index is 1.51. The number of amides is 2. The lowest BCUT2D eigenvalue weighted by Gasteiger charge is -2.25. The molecule has 1 saturated carbocycles. The Hall–Kier alpha value is -1.89. The van der Waals surface area contributed by atoms with E-state index in [9.17, 15) is 9.59 Å². The van der Waals surface area contributed by atoms with Gasteiger partial charge in [-0.1, -0.05) is 6.42 Å². The molecule has 1 atom stereocenters. The molecule has 1 fully saturated rings. The van der Waals surface area contributed by atoms with Crippen LogP contribution in [0.15, 0.2) is 6.07 Å². The monoisotopic (exact) mass is 306 g/mol. The number of carbonyl (C=O) groups excluding carboxylic acids is 2. The van der Waals surface area contributed by atoms with Gasteiger partial charge in [-0.05, 0) is 18.9 Å². The van der Waals surface area contributed by atoms with Gasteiger partial charge in [-0.25, -0.2) is 0 Å². The van der Waals surface area contributed by atoms with Gasteiger partial charge in [0.15, 0.2) is 0 Å². The van der Waals surface area contributed by atoms with Crippen LogP contribution in [0.3, 0.4) is 0 Å². The summed E-state index contributed by atoms with van der Waals surface area (Å²) in [5.41, 5.74) is 1.42. The molecule has 1 aromatic heterocycles. The summed E-state index contributed by atoms with van der Waals surface area (Å²) in [6, 6.07) is 1.90. The lowest BCUT2D eigenvalue weighted by Crippen LogP contribution is -2.42. The minimum atomic E-state index is -0.186. The average molecular weight is 306 g/mol. The quantitative estimate of drug-likeness (QED) is 0.730. The lowest BCUT2D eigenvalue weighted by molar-refractivity contribution is -0.128. The zero-order valence-corrected chi connectivity index (χ0v) is 12.8. The number of methoxy groups -OCH3 is 1. The SMILES string of the molecule is COCCNC(=O)c1cc2n(n1)C[C@@H](NC(=O)C1CCC1)C2. The molecule has 1 aliphatic heterocycles. The number of nitrogens with one attached hydrogen (secondary N) is 2. The highest BCUT2D eigenvalue weighted by Crippen LogP contribution is 2.27. The van der Waals surface area contributed by atoms with Crippen molar-refractivity contribution in [2.45, 2.75) is 38.3 Å². The van der Waals surface area contributed by atoms with Crippen molar-refractivity contribution in [3.8, 4) is 0 Å². The van der Waals surface area contributed by atoms with E-state index in [1.807, 2.05) is 4.68 Å². The van der Waals surface area contributed by atoms with Gasteiger partial charge in [0, 0.05) is 31.7 Å². The molecule has 0 unspecified atom stereocenters. The first-order valence-electron chi connectivity index (χ1n) is 7.81. The maximum Gasteiger partial charge on any atom is 0.271 e. The standard InChI is InChI=1S/C15H22N4O3/c1-22-6-5-16-15(21)13-8-12-7-11(9-19(12)18-13)17-14(20)10-3-2-4-10/h8,10-11H,2-7,9H2,1H3,(H,16,21)(H,17,20)/t11-/m0/s1. The molecule has 2 amide bonds. The smallest absolute Gasteiger partial charge is 0.271 e. The van der Waals surface area contributed by atoms with Gasteiger partial charge in [0.1, 0.15) is 5.69 Å². The molecule has 0 spiro atoms. The average Bonchev–Trinajstić information content (AvgIpc) is 2.94. The molecule has 1 aliphatic carbocycles. The molecule has 2 N–H and O–H groups in total. The van der Waals surface area contributed by atoms with Crippen LogP contribution in [-0.4, -0.2) is 47.9 Å². The van der Waals surface area contributed by atoms with Gasteiger partial charge in [-0.15, -0.1) is 0 Å². The molecule has 0 bridgehead atoms. The van der Waals surface area contributed by atoms with Gasteiger partial charge in [0.2, 0.25) is 5.91 Å². The molecule has 0 radical (unpaired) electrons. The van der Waals surface area contributed by atoms with E-state index < -0.39 is 0 Å². The van der Waals surface area contributed by atoms with Crippen LogP contribution in [0.25, 0.3) is 0 Å². The van der Waals surface area contributed by atoms with Crippen LogP contribution in [0.5, 0.6) is 0 Å². The molecular weight excluding hydrogens is 284 g/mol. The first-order chi connectivity index (χ1) is 10.7. The van der Waals surface area contributed by atoms with E-state index in [4.69, 9.17) is 4.74 Å². The molecule has 1 aromatic rings. The van der Waals surface area contributed by atoms with Crippen molar-refractivity contribution < 1.29 is 14.3 Å². The third-order valence-corrected chi connectivity index (χ3v) is 4.36. The van der Waals surface area contributed by atoms with E-state index in [1.165, 1.54) is 0 Å². The largest absolute Gasteiger partial charge is 0.383 e. The molecule has 0 aromatic carbocycles. The molecule has 22 heavy (non-hydrogen) atoms. The van der Waals surface area contributed by atoms with Crippen LogP contribution >= 0.6 is 0 Å². The zero-order valence-electron chi connectivity index (χ0n) is 12.8. The first kappa shape index (κ1) is 15.0. The third kappa shape index (κ3) is 3.14. The van der Waals surface area contributed by atoms with Gasteiger partial charge in [-0.2, -0.15) is 5.10 Å². The number of hydrogen-bond acceptors (Lipinski definition) is 4. The van der Waals surface area contributed by atoms with Crippen molar-refractivity contribution in [2.75, 3.05) is 20.3 Å². The zero-order chi connectivity index (χ0) is 15.5. The summed E-state index contributed by atoms with van der Waals surface area (Å²) in [7, 11) is 1.59. The Kier molecular flexibility index (Phi) is 4.42. The minimum Gasteiger partial charge on any atom is -0.383 e. The van der Waals surface area contributed by atoms with Crippen LogP contribution < -0.4 is 10.6 Å². The van der Waals surface area contributed by atoms with Crippen molar-refractivity contribution in [2.24, 2.45) is 5.92 Å². The summed E-state index contributed by atoms with van der Waals surface area (Å²) in [5.74, 6) is 0.184. The van der Waals surface area contributed by atoms with Gasteiger partial charge in [0.05, 0.1) is 19.2 Å². The summed E-state index contributed by atoms with van der Waals surface area (Å²) in [5, 5.41) is 10.2. The fourth-order valence-electron chi connectivity index (χ4n) is 2.86. The van der Waals surface area contributed by atoms with Gasteiger partial charge < -0.3 is 15.4 Å². The van der Waals surface area contributed by atoms with Gasteiger partial charge >= 0.3 is 0 Å². The number of fused-ring (bicyclic) bond motifs is 1. The van der Waals surface area contributed by atoms with E-state index in [1.54, 1.807) is 13.2 Å². The fourth-order valence-corrected chi connectivity index (χ4v) is 2.86. The number of carbonyl (C=O) groups is 2. The highest BCUT2D eigenvalue weighted by Gasteiger charge is 2.30. The van der Waals surface area contributed by atoms with E-state index >= 15 is 0 Å². The summed E-state index contributed by atoms with van der Waals surface area (Å²) < 4.78 is 6.71. The van der Waals surface area contributed by atoms with Crippen molar-refractivity contribution in [1.29, 1.82) is 0 Å². The van der Waals surface area contributed by atoms with Crippen LogP contribution in [-0.2, 0) is 22.5 Å². The molecule has 2 heterocycles. The summed E-state index contributed by atoms with van der Waals surface area (Å²) >= 11 is 0. The van der Waals surface area contributed by atoms with Crippen molar-refractivity contribution >= 4 is 11.8 Å². The van der Waals surface area contributed by atoms with Gasteiger partial charge in [0.25, 0.3) is 5.91 Å². The lowest BCUT2D eigenvalue weighted by atomic mass is 9.84. The van der Waals surface area contributed by atoms with Crippen LogP contribution in [0, 0.1) is 5.92 Å². The fraction of sp³-hybridized carbons (Fsp3) is 0.667. The van der Waals surface area contributed by atoms with E-state index in [0.717, 1.165) is 31.4 Å². The summed E-state index contributed by atoms with van der Waals surface area (Å²) in [6.45, 7) is 1.59. The van der Waals surface area contributed by atoms with Crippen molar-refractivity contribution in [3.05, 3.63) is 17.5 Å². The van der Waals surface area contributed by atoms with E-state index in [0.29, 0.717) is 25.4 Å². The molecular formula is C15H22N4O3. The second kappa shape index (κ2) is 6.48. The Morgan fingerprint density at radius 1 is 1.45 bits per heavy atom. The van der Waals surface area contributed by atoms with Crippen molar-refractivity contribution in [3.63, 3.8) is 0 Å². The predicted molar refractivity (Wildman–Crippen MR) is 79.4 cm³/mol. The molecule has 7 nitrogen and oxygen atoms in total. The molecule has 120 valence electrons.